The van der Waals surface area contributed by atoms with E-state index in [4.69, 9.17) is 0 Å². The molecule has 3 aromatic rings. The van der Waals surface area contributed by atoms with Crippen molar-refractivity contribution < 1.29 is 32.6 Å². The van der Waals surface area contributed by atoms with Crippen molar-refractivity contribution in [2.75, 3.05) is 11.9 Å². The quantitative estimate of drug-likeness (QED) is 0.553. The van der Waals surface area contributed by atoms with E-state index in [2.05, 4.69) is 15.4 Å². The zero-order valence-corrected chi connectivity index (χ0v) is 15.7. The highest BCUT2D eigenvalue weighted by Crippen LogP contribution is 2.26. The first-order chi connectivity index (χ1) is 14.1. The highest BCUT2D eigenvalue weighted by atomic mass is 19.4. The van der Waals surface area contributed by atoms with E-state index >= 15 is 0 Å². The number of amides is 2. The Hall–Kier alpha value is -3.53. The topological polar surface area (TPSA) is 92.6 Å². The Balaban J connectivity index is 1.56. The summed E-state index contributed by atoms with van der Waals surface area (Å²) in [6.45, 7) is -0.196. The van der Waals surface area contributed by atoms with Gasteiger partial charge in [-0.1, -0.05) is 18.2 Å². The molecule has 0 aliphatic rings. The summed E-state index contributed by atoms with van der Waals surface area (Å²) in [5.74, 6) is -2.47. The van der Waals surface area contributed by atoms with Crippen LogP contribution in [0.4, 0.5) is 18.9 Å². The van der Waals surface area contributed by atoms with Crippen LogP contribution in [0.5, 0.6) is 5.75 Å². The normalized spacial score (nSPS) is 12.4. The van der Waals surface area contributed by atoms with Gasteiger partial charge in [-0.3, -0.25) is 9.59 Å². The minimum absolute atomic E-state index is 0.110. The number of fused-ring (bicyclic) bond motifs is 1. The lowest BCUT2D eigenvalue weighted by Gasteiger charge is -2.12. The maximum absolute atomic E-state index is 12.2. The van der Waals surface area contributed by atoms with Crippen LogP contribution in [-0.4, -0.2) is 34.4 Å². The summed E-state index contributed by atoms with van der Waals surface area (Å²) in [4.78, 5) is 24.0. The Labute approximate surface area is 169 Å². The smallest absolute Gasteiger partial charge is 0.406 e. The largest absolute Gasteiger partial charge is 0.573 e. The molecule has 10 heteroatoms. The van der Waals surface area contributed by atoms with Gasteiger partial charge in [0.25, 0.3) is 0 Å². The summed E-state index contributed by atoms with van der Waals surface area (Å²) < 4.78 is 42.0. The van der Waals surface area contributed by atoms with Crippen LogP contribution < -0.4 is 15.4 Å². The monoisotopic (exact) mass is 421 g/mol. The fourth-order valence-corrected chi connectivity index (χ4v) is 2.95. The van der Waals surface area contributed by atoms with Crippen LogP contribution in [0.25, 0.3) is 10.9 Å². The third kappa shape index (κ3) is 5.09. The van der Waals surface area contributed by atoms with Crippen LogP contribution in [0.2, 0.25) is 0 Å². The Morgan fingerprint density at radius 2 is 1.77 bits per heavy atom. The van der Waals surface area contributed by atoms with E-state index in [0.29, 0.717) is 5.56 Å². The second-order valence-electron chi connectivity index (χ2n) is 6.46. The number of aliphatic hydroxyl groups is 1. The van der Waals surface area contributed by atoms with Crippen LogP contribution in [0.3, 0.4) is 0 Å². The highest BCUT2D eigenvalue weighted by molar-refractivity contribution is 6.39. The van der Waals surface area contributed by atoms with E-state index in [1.807, 2.05) is 35.9 Å². The number of benzene rings is 2. The number of nitrogens with zero attached hydrogens (tertiary/aromatic N) is 1. The molecule has 30 heavy (non-hydrogen) atoms. The van der Waals surface area contributed by atoms with Crippen LogP contribution >= 0.6 is 0 Å². The number of hydrogen-bond acceptors (Lipinski definition) is 4. The third-order valence-electron chi connectivity index (χ3n) is 4.29. The van der Waals surface area contributed by atoms with Crippen molar-refractivity contribution in [1.82, 2.24) is 9.88 Å². The molecule has 0 radical (unpaired) electrons. The molecule has 0 spiro atoms. The molecule has 2 amide bonds. The molecule has 3 rings (SSSR count). The number of halogens is 3. The Kier molecular flexibility index (Phi) is 5.97. The molecule has 0 saturated carbocycles. The minimum atomic E-state index is -4.82. The van der Waals surface area contributed by atoms with Crippen LogP contribution in [-0.2, 0) is 16.6 Å². The predicted molar refractivity (Wildman–Crippen MR) is 103 cm³/mol. The number of aliphatic hydroxyl groups excluding tert-OH is 1. The maximum atomic E-state index is 12.2. The average molecular weight is 421 g/mol. The molecule has 0 bridgehead atoms. The number of aryl methyl sites for hydroxylation is 1. The molecular weight excluding hydrogens is 403 g/mol. The molecule has 1 atom stereocenters. The zero-order chi connectivity index (χ0) is 21.9. The summed E-state index contributed by atoms with van der Waals surface area (Å²) in [6, 6.07) is 11.8. The zero-order valence-electron chi connectivity index (χ0n) is 15.7. The summed E-state index contributed by atoms with van der Waals surface area (Å²) >= 11 is 0. The molecule has 0 aliphatic heterocycles. The van der Waals surface area contributed by atoms with Crippen molar-refractivity contribution >= 4 is 28.4 Å². The van der Waals surface area contributed by atoms with Gasteiger partial charge in [0.2, 0.25) is 0 Å². The van der Waals surface area contributed by atoms with Gasteiger partial charge in [-0.25, -0.2) is 0 Å². The van der Waals surface area contributed by atoms with Gasteiger partial charge in [0, 0.05) is 41.9 Å². The van der Waals surface area contributed by atoms with E-state index in [1.165, 1.54) is 0 Å². The second kappa shape index (κ2) is 8.46. The van der Waals surface area contributed by atoms with E-state index in [-0.39, 0.29) is 12.2 Å². The molecule has 1 heterocycles. The molecule has 0 unspecified atom stereocenters. The average Bonchev–Trinajstić information content (AvgIpc) is 3.03. The lowest BCUT2D eigenvalue weighted by atomic mass is 10.1. The van der Waals surface area contributed by atoms with Crippen LogP contribution in [0, 0.1) is 0 Å². The lowest BCUT2D eigenvalue weighted by Crippen LogP contribution is -2.37. The standard InChI is InChI=1S/C20H18F3N3O4/c1-26-11-15(14-4-2-3-5-16(14)26)17(27)10-24-18(28)19(29)25-12-6-8-13(9-7-12)30-20(21,22)23/h2-9,11,17,27H,10H2,1H3,(H,24,28)(H,25,29)/t17-/m1/s1. The van der Waals surface area contributed by atoms with E-state index < -0.39 is 30.0 Å². The van der Waals surface area contributed by atoms with Gasteiger partial charge in [0.1, 0.15) is 5.75 Å². The Bertz CT molecular complexity index is 1060. The highest BCUT2D eigenvalue weighted by Gasteiger charge is 2.31. The van der Waals surface area contributed by atoms with E-state index in [9.17, 15) is 27.9 Å². The molecule has 3 N–H and O–H groups in total. The van der Waals surface area contributed by atoms with Crippen molar-refractivity contribution in [2.45, 2.75) is 12.5 Å². The predicted octanol–water partition coefficient (Wildman–Crippen LogP) is 2.87. The number of aromatic nitrogens is 1. The van der Waals surface area contributed by atoms with Crippen LogP contribution in [0.15, 0.2) is 54.7 Å². The fraction of sp³-hybridized carbons (Fsp3) is 0.200. The summed E-state index contributed by atoms with van der Waals surface area (Å²) in [6.07, 6.45) is -4.12. The Morgan fingerprint density at radius 1 is 1.10 bits per heavy atom. The molecule has 0 fully saturated rings. The van der Waals surface area contributed by atoms with Gasteiger partial charge in [-0.2, -0.15) is 0 Å². The fourth-order valence-electron chi connectivity index (χ4n) is 2.95. The van der Waals surface area contributed by atoms with E-state index in [1.54, 1.807) is 6.20 Å². The first-order valence-electron chi connectivity index (χ1n) is 8.81. The summed E-state index contributed by atoms with van der Waals surface area (Å²) in [7, 11) is 1.83. The molecular formula is C20H18F3N3O4. The Morgan fingerprint density at radius 3 is 2.43 bits per heavy atom. The molecule has 2 aromatic carbocycles. The molecule has 7 nitrogen and oxygen atoms in total. The van der Waals surface area contributed by atoms with Gasteiger partial charge in [-0.05, 0) is 30.3 Å². The molecule has 0 aliphatic carbocycles. The lowest BCUT2D eigenvalue weighted by molar-refractivity contribution is -0.274. The van der Waals surface area contributed by atoms with Crippen molar-refractivity contribution in [2.24, 2.45) is 7.05 Å². The van der Waals surface area contributed by atoms with Crippen molar-refractivity contribution in [3.05, 3.63) is 60.3 Å². The third-order valence-corrected chi connectivity index (χ3v) is 4.29. The SMILES string of the molecule is Cn1cc([C@H](O)CNC(=O)C(=O)Nc2ccc(OC(F)(F)F)cc2)c2ccccc21. The minimum Gasteiger partial charge on any atom is -0.406 e. The number of carbonyl (C=O) groups is 2. The second-order valence-corrected chi connectivity index (χ2v) is 6.46. The van der Waals surface area contributed by atoms with E-state index in [0.717, 1.165) is 35.2 Å². The van der Waals surface area contributed by atoms with Gasteiger partial charge in [-0.15, -0.1) is 13.2 Å². The number of para-hydroxylation sites is 1. The summed E-state index contributed by atoms with van der Waals surface area (Å²) in [5.41, 5.74) is 1.63. The van der Waals surface area contributed by atoms with Gasteiger partial charge >= 0.3 is 18.2 Å². The molecule has 158 valence electrons. The van der Waals surface area contributed by atoms with Gasteiger partial charge in [0.15, 0.2) is 0 Å². The van der Waals surface area contributed by atoms with Gasteiger partial charge < -0.3 is 25.0 Å². The van der Waals surface area contributed by atoms with Crippen LogP contribution in [0.1, 0.15) is 11.7 Å². The van der Waals surface area contributed by atoms with Gasteiger partial charge in [0.05, 0.1) is 6.10 Å². The number of ether oxygens (including phenoxy) is 1. The molecule has 0 saturated heterocycles. The number of carbonyl (C=O) groups excluding carboxylic acids is 2. The van der Waals surface area contributed by atoms with Crippen molar-refractivity contribution in [3.63, 3.8) is 0 Å². The van der Waals surface area contributed by atoms with Crippen molar-refractivity contribution in [1.29, 1.82) is 0 Å². The number of alkyl halides is 3. The summed E-state index contributed by atoms with van der Waals surface area (Å²) in [5, 5.41) is 15.8. The first-order valence-corrected chi connectivity index (χ1v) is 8.81. The number of nitrogens with one attached hydrogen (secondary N) is 2. The first kappa shape index (κ1) is 21.2. The number of hydrogen-bond donors (Lipinski definition) is 3. The molecule has 1 aromatic heterocycles. The maximum Gasteiger partial charge on any atom is 0.573 e. The van der Waals surface area contributed by atoms with Crippen molar-refractivity contribution in [3.8, 4) is 5.75 Å². The number of rotatable bonds is 5. The number of anilines is 1.